The van der Waals surface area contributed by atoms with Crippen molar-refractivity contribution in [2.75, 3.05) is 31.6 Å². The van der Waals surface area contributed by atoms with Gasteiger partial charge in [0.25, 0.3) is 0 Å². The molecule has 0 radical (unpaired) electrons. The molecule has 3 aromatic rings. The number of benzene rings is 3. The normalized spacial score (nSPS) is 20.5. The highest BCUT2D eigenvalue weighted by molar-refractivity contribution is 7.89. The van der Waals surface area contributed by atoms with Gasteiger partial charge in [0.2, 0.25) is 10.0 Å². The monoisotopic (exact) mass is 599 g/mol. The second kappa shape index (κ2) is 12.8. The minimum absolute atomic E-state index is 0.0820. The molecule has 1 amide bonds. The molecule has 7 nitrogen and oxygen atoms in total. The second-order valence-corrected chi connectivity index (χ2v) is 13.0. The Morgan fingerprint density at radius 1 is 0.976 bits per heavy atom. The van der Waals surface area contributed by atoms with E-state index in [-0.39, 0.29) is 11.5 Å². The van der Waals surface area contributed by atoms with Gasteiger partial charge in [0.1, 0.15) is 12.4 Å². The van der Waals surface area contributed by atoms with Gasteiger partial charge in [-0.15, -0.1) is 0 Å². The predicted molar refractivity (Wildman–Crippen MR) is 158 cm³/mol. The van der Waals surface area contributed by atoms with Crippen molar-refractivity contribution in [1.82, 2.24) is 9.21 Å². The smallest absolute Gasteiger partial charge is 0.409 e. The number of carbonyl (C=O) groups excluding carboxylic acids is 1. The van der Waals surface area contributed by atoms with Gasteiger partial charge in [-0.1, -0.05) is 41.9 Å². The number of hydrogen-bond donors (Lipinski definition) is 0. The Morgan fingerprint density at radius 3 is 2.37 bits per heavy atom. The van der Waals surface area contributed by atoms with E-state index >= 15 is 0 Å². The van der Waals surface area contributed by atoms with Gasteiger partial charge in [-0.25, -0.2) is 17.6 Å². The van der Waals surface area contributed by atoms with E-state index in [1.807, 2.05) is 18.2 Å². The van der Waals surface area contributed by atoms with Crippen molar-refractivity contribution in [2.45, 2.75) is 55.1 Å². The Balaban J connectivity index is 1.29. The molecule has 5 rings (SSSR count). The first-order valence-corrected chi connectivity index (χ1v) is 15.8. The zero-order valence-corrected chi connectivity index (χ0v) is 24.6. The zero-order valence-electron chi connectivity index (χ0n) is 23.0. The van der Waals surface area contributed by atoms with E-state index in [0.717, 1.165) is 18.5 Å². The average Bonchev–Trinajstić information content (AvgIpc) is 3.00. The minimum atomic E-state index is -4.01. The van der Waals surface area contributed by atoms with Gasteiger partial charge in [-0.3, -0.25) is 0 Å². The summed E-state index contributed by atoms with van der Waals surface area (Å²) < 4.78 is 49.3. The third kappa shape index (κ3) is 6.68. The molecule has 0 saturated carbocycles. The maximum atomic E-state index is 14.2. The largest absolute Gasteiger partial charge is 0.448 e. The number of hydrogen-bond acceptors (Lipinski definition) is 5. The Morgan fingerprint density at radius 2 is 1.68 bits per heavy atom. The van der Waals surface area contributed by atoms with Crippen LogP contribution in [-0.4, -0.2) is 62.5 Å². The molecule has 2 saturated heterocycles. The fourth-order valence-electron chi connectivity index (χ4n) is 5.90. The number of piperidine rings is 2. The lowest BCUT2D eigenvalue weighted by atomic mass is 9.93. The zero-order chi connectivity index (χ0) is 29.0. The molecule has 0 unspecified atom stereocenters. The van der Waals surface area contributed by atoms with Gasteiger partial charge in [0.05, 0.1) is 17.0 Å². The number of amides is 1. The summed E-state index contributed by atoms with van der Waals surface area (Å²) in [7, 11) is -1.94. The van der Waals surface area contributed by atoms with Gasteiger partial charge in [-0.2, -0.15) is 4.31 Å². The molecular weight excluding hydrogens is 565 g/mol. The molecule has 2 fully saturated rings. The van der Waals surface area contributed by atoms with Gasteiger partial charge >= 0.3 is 6.09 Å². The topological polar surface area (TPSA) is 70.2 Å². The summed E-state index contributed by atoms with van der Waals surface area (Å²) in [5.41, 5.74) is 1.71. The van der Waals surface area contributed by atoms with Crippen LogP contribution in [0.1, 0.15) is 43.7 Å². The number of sulfonamides is 1. The summed E-state index contributed by atoms with van der Waals surface area (Å²) >= 11 is 6.02. The summed E-state index contributed by atoms with van der Waals surface area (Å²) in [4.78, 5) is 17.1. The number of anilines is 1. The lowest BCUT2D eigenvalue weighted by molar-refractivity contribution is 0.0569. The highest BCUT2D eigenvalue weighted by atomic mass is 35.5. The third-order valence-electron chi connectivity index (χ3n) is 8.14. The van der Waals surface area contributed by atoms with Crippen LogP contribution >= 0.6 is 11.6 Å². The molecule has 0 bridgehead atoms. The molecule has 2 atom stereocenters. The molecule has 2 aliphatic heterocycles. The van der Waals surface area contributed by atoms with Crippen LogP contribution in [0.15, 0.2) is 83.8 Å². The number of likely N-dealkylation sites (tertiary alicyclic amines) is 1. The summed E-state index contributed by atoms with van der Waals surface area (Å²) in [5.74, 6) is -0.429. The third-order valence-corrected chi connectivity index (χ3v) is 10.4. The van der Waals surface area contributed by atoms with E-state index in [2.05, 4.69) is 24.1 Å². The molecule has 218 valence electrons. The molecule has 3 aromatic carbocycles. The molecule has 2 heterocycles. The summed E-state index contributed by atoms with van der Waals surface area (Å²) in [6, 6.07) is 21.3. The number of nitrogens with zero attached hydrogens (tertiary/aromatic N) is 3. The van der Waals surface area contributed by atoms with Crippen LogP contribution in [0.2, 0.25) is 5.02 Å². The van der Waals surface area contributed by atoms with Crippen molar-refractivity contribution in [1.29, 1.82) is 0 Å². The van der Waals surface area contributed by atoms with Crippen molar-refractivity contribution in [2.24, 2.45) is 0 Å². The van der Waals surface area contributed by atoms with Gasteiger partial charge in [-0.05, 0) is 86.2 Å². The fraction of sp³-hybridized carbons (Fsp3) is 0.387. The van der Waals surface area contributed by atoms with Crippen molar-refractivity contribution in [3.05, 3.63) is 95.3 Å². The van der Waals surface area contributed by atoms with Crippen molar-refractivity contribution in [3.8, 4) is 0 Å². The molecule has 0 aliphatic carbocycles. The van der Waals surface area contributed by atoms with Crippen LogP contribution in [0, 0.1) is 5.82 Å². The van der Waals surface area contributed by atoms with Crippen molar-refractivity contribution >= 4 is 33.4 Å². The molecule has 0 spiro atoms. The number of halogens is 2. The van der Waals surface area contributed by atoms with Crippen LogP contribution in [0.5, 0.6) is 0 Å². The Labute approximate surface area is 246 Å². The Bertz CT molecular complexity index is 1430. The minimum Gasteiger partial charge on any atom is -0.448 e. The number of carbonyl (C=O) groups is 1. The van der Waals surface area contributed by atoms with E-state index < -0.39 is 34.0 Å². The maximum Gasteiger partial charge on any atom is 0.409 e. The van der Waals surface area contributed by atoms with Gasteiger partial charge < -0.3 is 14.5 Å². The lowest BCUT2D eigenvalue weighted by Gasteiger charge is -2.41. The summed E-state index contributed by atoms with van der Waals surface area (Å²) in [6.07, 6.45) is 2.94. The van der Waals surface area contributed by atoms with Gasteiger partial charge in [0, 0.05) is 36.9 Å². The van der Waals surface area contributed by atoms with E-state index in [0.29, 0.717) is 49.0 Å². The average molecular weight is 600 g/mol. The quantitative estimate of drug-likeness (QED) is 0.310. The first kappa shape index (κ1) is 29.4. The van der Waals surface area contributed by atoms with Gasteiger partial charge in [0.15, 0.2) is 0 Å². The highest BCUT2D eigenvalue weighted by Gasteiger charge is 2.41. The summed E-state index contributed by atoms with van der Waals surface area (Å²) in [5, 5.41) is 0.425. The van der Waals surface area contributed by atoms with Crippen LogP contribution in [0.25, 0.3) is 0 Å². The Hall–Kier alpha value is -3.14. The molecule has 2 aliphatic rings. The first-order valence-electron chi connectivity index (χ1n) is 14.0. The molecule has 0 aromatic heterocycles. The van der Waals surface area contributed by atoms with E-state index in [1.54, 1.807) is 17.0 Å². The molecule has 41 heavy (non-hydrogen) atoms. The number of ether oxygens (including phenoxy) is 1. The number of para-hydroxylation sites is 1. The molecule has 0 N–H and O–H groups in total. The van der Waals surface area contributed by atoms with Crippen LogP contribution in [0.4, 0.5) is 14.9 Å². The number of rotatable bonds is 7. The van der Waals surface area contributed by atoms with E-state index in [4.69, 9.17) is 16.3 Å². The van der Waals surface area contributed by atoms with E-state index in [1.165, 1.54) is 40.7 Å². The Kier molecular flexibility index (Phi) is 9.16. The SMILES string of the molecule is CN(c1ccccc1)C1CCN(C(=O)OC[C@H]2CCC[C@@H](c3cccc(F)c3)N2S(=O)(=O)c2ccc(Cl)cc2)CC1. The summed E-state index contributed by atoms with van der Waals surface area (Å²) in [6.45, 7) is 1.04. The van der Waals surface area contributed by atoms with Crippen molar-refractivity contribution < 1.29 is 22.3 Å². The maximum absolute atomic E-state index is 14.2. The fourth-order valence-corrected chi connectivity index (χ4v) is 7.87. The van der Waals surface area contributed by atoms with Crippen LogP contribution in [-0.2, 0) is 14.8 Å². The predicted octanol–water partition coefficient (Wildman–Crippen LogP) is 6.50. The van der Waals surface area contributed by atoms with Crippen molar-refractivity contribution in [3.63, 3.8) is 0 Å². The lowest BCUT2D eigenvalue weighted by Crippen LogP contribution is -2.49. The van der Waals surface area contributed by atoms with E-state index in [9.17, 15) is 17.6 Å². The van der Waals surface area contributed by atoms with Crippen LogP contribution < -0.4 is 4.90 Å². The molecule has 10 heteroatoms. The van der Waals surface area contributed by atoms with Crippen LogP contribution in [0.3, 0.4) is 0 Å². The highest BCUT2D eigenvalue weighted by Crippen LogP contribution is 2.39. The molecular formula is C31H35ClFN3O4S. The standard InChI is InChI=1S/C31H35ClFN3O4S/c1-34(26-9-3-2-4-10-26)27-17-19-35(20-18-27)31(37)40-22-28-11-6-12-30(23-7-5-8-25(33)21-23)36(28)41(38,39)29-15-13-24(32)14-16-29/h2-5,7-10,13-16,21,27-28,30H,6,11-12,17-20,22H2,1H3/t28-,30+/m1/s1. The first-order chi connectivity index (χ1) is 19.7. The second-order valence-electron chi connectivity index (χ2n) is 10.7.